The minimum atomic E-state index is -3.92. The first-order valence-electron chi connectivity index (χ1n) is 5.16. The molecule has 0 aromatic heterocycles. The van der Waals surface area contributed by atoms with Gasteiger partial charge in [-0.05, 0) is 30.9 Å². The largest absolute Gasteiger partial charge is 0.478 e. The third kappa shape index (κ3) is 4.97. The molecule has 0 spiro atoms. The van der Waals surface area contributed by atoms with E-state index in [0.29, 0.717) is 24.8 Å². The number of hydrogen-bond acceptors (Lipinski definition) is 3. The first-order valence-corrected chi connectivity index (χ1v) is 6.77. The summed E-state index contributed by atoms with van der Waals surface area (Å²) in [6.07, 6.45) is 1.31. The molecule has 0 aliphatic heterocycles. The van der Waals surface area contributed by atoms with Crippen LogP contribution in [0.1, 0.15) is 28.8 Å². The Morgan fingerprint density at radius 1 is 1.18 bits per heavy atom. The summed E-state index contributed by atoms with van der Waals surface area (Å²) in [4.78, 5) is 10.9. The molecule has 94 valence electrons. The second-order valence-corrected chi connectivity index (χ2v) is 5.28. The zero-order valence-corrected chi connectivity index (χ0v) is 9.98. The van der Waals surface area contributed by atoms with Crippen LogP contribution in [0.3, 0.4) is 0 Å². The predicted octanol–water partition coefficient (Wildman–Crippen LogP) is 1.60. The second-order valence-electron chi connectivity index (χ2n) is 3.71. The van der Waals surface area contributed by atoms with Crippen LogP contribution in [0.25, 0.3) is 0 Å². The van der Waals surface area contributed by atoms with E-state index < -0.39 is 16.1 Å². The smallest absolute Gasteiger partial charge is 0.335 e. The summed E-state index contributed by atoms with van der Waals surface area (Å²) in [6.45, 7) is 0. The molecule has 0 amide bonds. The average molecular weight is 258 g/mol. The molecular weight excluding hydrogens is 244 g/mol. The second kappa shape index (κ2) is 5.79. The van der Waals surface area contributed by atoms with Crippen molar-refractivity contribution in [1.82, 2.24) is 0 Å². The van der Waals surface area contributed by atoms with Crippen LogP contribution in [0.4, 0.5) is 0 Å². The van der Waals surface area contributed by atoms with Gasteiger partial charge in [-0.25, -0.2) is 4.79 Å². The molecule has 2 N–H and O–H groups in total. The van der Waals surface area contributed by atoms with Crippen molar-refractivity contribution in [3.8, 4) is 0 Å². The molecule has 1 rings (SSSR count). The van der Waals surface area contributed by atoms with E-state index in [4.69, 9.17) is 9.66 Å². The van der Waals surface area contributed by atoms with Crippen molar-refractivity contribution < 1.29 is 22.9 Å². The van der Waals surface area contributed by atoms with Crippen molar-refractivity contribution in [3.05, 3.63) is 35.4 Å². The summed E-state index contributed by atoms with van der Waals surface area (Å²) >= 11 is 0. The lowest BCUT2D eigenvalue weighted by Gasteiger charge is -2.05. The van der Waals surface area contributed by atoms with E-state index in [9.17, 15) is 13.2 Å². The summed E-state index contributed by atoms with van der Waals surface area (Å²) in [7, 11) is -3.92. The van der Waals surface area contributed by atoms with Gasteiger partial charge in [0.05, 0.1) is 11.3 Å². The zero-order valence-electron chi connectivity index (χ0n) is 9.17. The average Bonchev–Trinajstić information content (AvgIpc) is 2.23. The number of aromatic carboxylic acids is 1. The normalized spacial score (nSPS) is 11.4. The SMILES string of the molecule is O=C(O)c1ccccc1CCCCS(=O)(=O)O. The Balaban J connectivity index is 2.55. The van der Waals surface area contributed by atoms with Crippen LogP contribution in [0, 0.1) is 0 Å². The van der Waals surface area contributed by atoms with E-state index in [-0.39, 0.29) is 11.3 Å². The Labute approximate surface area is 99.8 Å². The molecule has 0 saturated heterocycles. The molecule has 0 saturated carbocycles. The molecule has 5 nitrogen and oxygen atoms in total. The highest BCUT2D eigenvalue weighted by Gasteiger charge is 2.09. The molecule has 0 bridgehead atoms. The van der Waals surface area contributed by atoms with Gasteiger partial charge >= 0.3 is 5.97 Å². The third-order valence-corrected chi connectivity index (χ3v) is 3.15. The van der Waals surface area contributed by atoms with Gasteiger partial charge in [-0.15, -0.1) is 0 Å². The molecule has 0 radical (unpaired) electrons. The molecular formula is C11H14O5S. The molecule has 1 aromatic rings. The maximum Gasteiger partial charge on any atom is 0.335 e. The van der Waals surface area contributed by atoms with Crippen molar-refractivity contribution in [2.45, 2.75) is 19.3 Å². The number of unbranched alkanes of at least 4 members (excludes halogenated alkanes) is 1. The van der Waals surface area contributed by atoms with E-state index in [0.717, 1.165) is 0 Å². The van der Waals surface area contributed by atoms with Crippen molar-refractivity contribution in [2.75, 3.05) is 5.75 Å². The zero-order chi connectivity index (χ0) is 12.9. The lowest BCUT2D eigenvalue weighted by molar-refractivity contribution is 0.0695. The third-order valence-electron chi connectivity index (χ3n) is 2.35. The summed E-state index contributed by atoms with van der Waals surface area (Å²) in [5.74, 6) is -1.28. The van der Waals surface area contributed by atoms with E-state index in [2.05, 4.69) is 0 Å². The fourth-order valence-corrected chi connectivity index (χ4v) is 2.12. The minimum absolute atomic E-state index is 0.236. The van der Waals surface area contributed by atoms with Gasteiger partial charge in [0.25, 0.3) is 10.1 Å². The van der Waals surface area contributed by atoms with Gasteiger partial charge in [-0.1, -0.05) is 18.2 Å². The van der Waals surface area contributed by atoms with Gasteiger partial charge in [0.2, 0.25) is 0 Å². The van der Waals surface area contributed by atoms with Crippen LogP contribution < -0.4 is 0 Å². The number of carboxylic acid groups (broad SMARTS) is 1. The Hall–Kier alpha value is -1.40. The lowest BCUT2D eigenvalue weighted by Crippen LogP contribution is -2.05. The maximum absolute atomic E-state index is 10.9. The molecule has 6 heteroatoms. The van der Waals surface area contributed by atoms with Crippen molar-refractivity contribution in [2.24, 2.45) is 0 Å². The highest BCUT2D eigenvalue weighted by Crippen LogP contribution is 2.12. The van der Waals surface area contributed by atoms with Crippen LogP contribution in [0.5, 0.6) is 0 Å². The highest BCUT2D eigenvalue weighted by molar-refractivity contribution is 7.85. The number of hydrogen-bond donors (Lipinski definition) is 2. The van der Waals surface area contributed by atoms with E-state index in [1.165, 1.54) is 6.07 Å². The van der Waals surface area contributed by atoms with Crippen LogP contribution in [-0.2, 0) is 16.5 Å². The monoisotopic (exact) mass is 258 g/mol. The van der Waals surface area contributed by atoms with Gasteiger partial charge < -0.3 is 5.11 Å². The number of rotatable bonds is 6. The fourth-order valence-electron chi connectivity index (χ4n) is 1.55. The van der Waals surface area contributed by atoms with Gasteiger partial charge in [0.1, 0.15) is 0 Å². The van der Waals surface area contributed by atoms with Gasteiger partial charge in [-0.3, -0.25) is 4.55 Å². The number of carboxylic acids is 1. The molecule has 0 unspecified atom stereocenters. The van der Waals surface area contributed by atoms with Crippen LogP contribution in [0.15, 0.2) is 24.3 Å². The molecule has 1 aromatic carbocycles. The minimum Gasteiger partial charge on any atom is -0.478 e. The number of aryl methyl sites for hydroxylation is 1. The summed E-state index contributed by atoms with van der Waals surface area (Å²) in [6, 6.07) is 6.60. The van der Waals surface area contributed by atoms with E-state index >= 15 is 0 Å². The lowest BCUT2D eigenvalue weighted by atomic mass is 10.0. The standard InChI is InChI=1S/C11H14O5S/c12-11(13)10-7-2-1-5-9(10)6-3-4-8-17(14,15)16/h1-2,5,7H,3-4,6,8H2,(H,12,13)(H,14,15,16). The van der Waals surface area contributed by atoms with E-state index in [1.54, 1.807) is 18.2 Å². The maximum atomic E-state index is 10.9. The topological polar surface area (TPSA) is 91.7 Å². The van der Waals surface area contributed by atoms with Gasteiger partial charge in [0, 0.05) is 0 Å². The van der Waals surface area contributed by atoms with Gasteiger partial charge in [-0.2, -0.15) is 8.42 Å². The summed E-state index contributed by atoms with van der Waals surface area (Å²) in [5, 5.41) is 8.92. The van der Waals surface area contributed by atoms with Crippen LogP contribution in [0.2, 0.25) is 0 Å². The summed E-state index contributed by atoms with van der Waals surface area (Å²) < 4.78 is 29.5. The van der Waals surface area contributed by atoms with Crippen molar-refractivity contribution in [1.29, 1.82) is 0 Å². The van der Waals surface area contributed by atoms with Crippen LogP contribution in [-0.4, -0.2) is 29.8 Å². The van der Waals surface area contributed by atoms with E-state index in [1.807, 2.05) is 0 Å². The number of carbonyl (C=O) groups is 1. The Morgan fingerprint density at radius 2 is 1.82 bits per heavy atom. The molecule has 0 heterocycles. The number of benzene rings is 1. The molecule has 0 aliphatic rings. The first-order chi connectivity index (χ1) is 7.90. The Bertz CT molecular complexity index is 492. The first kappa shape index (κ1) is 13.7. The summed E-state index contributed by atoms with van der Waals surface area (Å²) in [5.41, 5.74) is 0.912. The fraction of sp³-hybridized carbons (Fsp3) is 0.364. The molecule has 0 aliphatic carbocycles. The Morgan fingerprint density at radius 3 is 2.41 bits per heavy atom. The van der Waals surface area contributed by atoms with Gasteiger partial charge in [0.15, 0.2) is 0 Å². The molecule has 0 fully saturated rings. The van der Waals surface area contributed by atoms with Crippen LogP contribution >= 0.6 is 0 Å². The Kier molecular flexibility index (Phi) is 4.65. The highest BCUT2D eigenvalue weighted by atomic mass is 32.2. The van der Waals surface area contributed by atoms with Crippen molar-refractivity contribution in [3.63, 3.8) is 0 Å². The quantitative estimate of drug-likeness (QED) is 0.597. The predicted molar refractivity (Wildman–Crippen MR) is 62.8 cm³/mol. The van der Waals surface area contributed by atoms with Crippen molar-refractivity contribution >= 4 is 16.1 Å². The molecule has 0 atom stereocenters. The molecule has 17 heavy (non-hydrogen) atoms.